The van der Waals surface area contributed by atoms with Crippen molar-refractivity contribution in [3.05, 3.63) is 64.7 Å². The van der Waals surface area contributed by atoms with E-state index >= 15 is 0 Å². The summed E-state index contributed by atoms with van der Waals surface area (Å²) in [7, 11) is 1.64. The van der Waals surface area contributed by atoms with E-state index in [1.807, 2.05) is 49.4 Å². The number of carboxylic acid groups (broad SMARTS) is 1. The van der Waals surface area contributed by atoms with Crippen molar-refractivity contribution < 1.29 is 14.6 Å². The number of carboxylic acids is 1. The molecule has 0 heterocycles. The topological polar surface area (TPSA) is 46.5 Å². The lowest BCUT2D eigenvalue weighted by atomic mass is 9.96. The van der Waals surface area contributed by atoms with Gasteiger partial charge in [-0.3, -0.25) is 0 Å². The maximum atomic E-state index is 11.3. The number of aromatic carboxylic acids is 1. The van der Waals surface area contributed by atoms with E-state index in [1.54, 1.807) is 7.11 Å². The molecule has 1 N–H and O–H groups in total. The highest BCUT2D eigenvalue weighted by atomic mass is 16.5. The summed E-state index contributed by atoms with van der Waals surface area (Å²) in [4.78, 5) is 11.3. The fraction of sp³-hybridized carbons (Fsp3) is 0.235. The highest BCUT2D eigenvalue weighted by Crippen LogP contribution is 2.18. The molecule has 2 aromatic carbocycles. The van der Waals surface area contributed by atoms with E-state index in [1.165, 1.54) is 0 Å². The van der Waals surface area contributed by atoms with Crippen molar-refractivity contribution in [2.45, 2.75) is 19.8 Å². The van der Waals surface area contributed by atoms with Crippen LogP contribution in [-0.4, -0.2) is 18.2 Å². The smallest absolute Gasteiger partial charge is 0.336 e. The molecule has 0 spiro atoms. The average Bonchev–Trinajstić information content (AvgIpc) is 2.45. The van der Waals surface area contributed by atoms with Crippen LogP contribution in [-0.2, 0) is 12.8 Å². The molecule has 104 valence electrons. The summed E-state index contributed by atoms with van der Waals surface area (Å²) in [6.45, 7) is 1.83. The molecule has 0 aromatic heterocycles. The second kappa shape index (κ2) is 6.24. The van der Waals surface area contributed by atoms with Gasteiger partial charge in [-0.05, 0) is 48.6 Å². The Bertz CT molecular complexity index is 617. The van der Waals surface area contributed by atoms with Gasteiger partial charge in [0.25, 0.3) is 0 Å². The van der Waals surface area contributed by atoms with Gasteiger partial charge in [0.2, 0.25) is 0 Å². The van der Waals surface area contributed by atoms with Gasteiger partial charge in [-0.25, -0.2) is 4.79 Å². The lowest BCUT2D eigenvalue weighted by Gasteiger charge is -2.09. The van der Waals surface area contributed by atoms with Crippen molar-refractivity contribution >= 4 is 5.97 Å². The third kappa shape index (κ3) is 3.18. The van der Waals surface area contributed by atoms with Gasteiger partial charge in [-0.15, -0.1) is 0 Å². The number of hydrogen-bond acceptors (Lipinski definition) is 2. The second-order valence-electron chi connectivity index (χ2n) is 4.77. The van der Waals surface area contributed by atoms with Crippen LogP contribution in [0.3, 0.4) is 0 Å². The van der Waals surface area contributed by atoms with Gasteiger partial charge in [0.15, 0.2) is 0 Å². The number of ether oxygens (including phenoxy) is 1. The Balaban J connectivity index is 2.18. The van der Waals surface area contributed by atoms with E-state index in [0.29, 0.717) is 12.0 Å². The predicted molar refractivity (Wildman–Crippen MR) is 78.5 cm³/mol. The monoisotopic (exact) mass is 270 g/mol. The van der Waals surface area contributed by atoms with Gasteiger partial charge < -0.3 is 9.84 Å². The Morgan fingerprint density at radius 2 is 1.90 bits per heavy atom. The van der Waals surface area contributed by atoms with Crippen LogP contribution in [0.15, 0.2) is 42.5 Å². The Labute approximate surface area is 118 Å². The molecule has 20 heavy (non-hydrogen) atoms. The first-order valence-corrected chi connectivity index (χ1v) is 6.56. The van der Waals surface area contributed by atoms with Crippen molar-refractivity contribution in [2.24, 2.45) is 0 Å². The Hall–Kier alpha value is -2.29. The first-order chi connectivity index (χ1) is 9.61. The molecule has 0 unspecified atom stereocenters. The predicted octanol–water partition coefficient (Wildman–Crippen LogP) is 3.49. The number of hydrogen-bond donors (Lipinski definition) is 1. The van der Waals surface area contributed by atoms with Crippen LogP contribution in [0.1, 0.15) is 27.0 Å². The molecule has 0 aliphatic heterocycles. The Morgan fingerprint density at radius 3 is 2.60 bits per heavy atom. The lowest BCUT2D eigenvalue weighted by molar-refractivity contribution is 0.0695. The number of benzene rings is 2. The zero-order chi connectivity index (χ0) is 14.5. The maximum Gasteiger partial charge on any atom is 0.336 e. The maximum absolute atomic E-state index is 11.3. The molecular weight excluding hydrogens is 252 g/mol. The van der Waals surface area contributed by atoms with E-state index in [2.05, 4.69) is 0 Å². The molecule has 3 heteroatoms. The summed E-state index contributed by atoms with van der Waals surface area (Å²) in [6, 6.07) is 13.5. The SMILES string of the molecule is COc1cccc(CCc2cccc(C)c2C(=O)O)c1. The zero-order valence-corrected chi connectivity index (χ0v) is 11.7. The summed E-state index contributed by atoms with van der Waals surface area (Å²) in [5.41, 5.74) is 3.25. The molecule has 0 bridgehead atoms. The highest BCUT2D eigenvalue weighted by Gasteiger charge is 2.12. The van der Waals surface area contributed by atoms with E-state index in [4.69, 9.17) is 4.74 Å². The normalized spacial score (nSPS) is 10.3. The summed E-state index contributed by atoms with van der Waals surface area (Å²) in [5, 5.41) is 9.31. The van der Waals surface area contributed by atoms with Crippen LogP contribution in [0, 0.1) is 6.92 Å². The molecule has 0 atom stereocenters. The summed E-state index contributed by atoms with van der Waals surface area (Å²) >= 11 is 0. The summed E-state index contributed by atoms with van der Waals surface area (Å²) < 4.78 is 5.19. The molecule has 0 aliphatic carbocycles. The lowest BCUT2D eigenvalue weighted by Crippen LogP contribution is -2.06. The largest absolute Gasteiger partial charge is 0.497 e. The fourth-order valence-corrected chi connectivity index (χ4v) is 2.35. The number of methoxy groups -OCH3 is 1. The molecule has 0 saturated carbocycles. The van der Waals surface area contributed by atoms with Crippen LogP contribution < -0.4 is 4.74 Å². The molecule has 0 amide bonds. The van der Waals surface area contributed by atoms with E-state index in [0.717, 1.165) is 28.9 Å². The molecule has 0 radical (unpaired) electrons. The molecule has 0 saturated heterocycles. The van der Waals surface area contributed by atoms with Gasteiger partial charge in [0.05, 0.1) is 12.7 Å². The minimum atomic E-state index is -0.858. The molecule has 2 rings (SSSR count). The Kier molecular flexibility index (Phi) is 4.41. The molecule has 0 aliphatic rings. The van der Waals surface area contributed by atoms with Crippen molar-refractivity contribution in [3.8, 4) is 5.75 Å². The van der Waals surface area contributed by atoms with Gasteiger partial charge in [-0.1, -0.05) is 30.3 Å². The average molecular weight is 270 g/mol. The van der Waals surface area contributed by atoms with Gasteiger partial charge in [-0.2, -0.15) is 0 Å². The van der Waals surface area contributed by atoms with Crippen LogP contribution >= 0.6 is 0 Å². The first kappa shape index (κ1) is 14.1. The van der Waals surface area contributed by atoms with E-state index in [9.17, 15) is 9.90 Å². The second-order valence-corrected chi connectivity index (χ2v) is 4.77. The molecule has 3 nitrogen and oxygen atoms in total. The fourth-order valence-electron chi connectivity index (χ4n) is 2.35. The van der Waals surface area contributed by atoms with Crippen molar-refractivity contribution in [1.82, 2.24) is 0 Å². The highest BCUT2D eigenvalue weighted by molar-refractivity contribution is 5.91. The quantitative estimate of drug-likeness (QED) is 0.904. The molecule has 0 fully saturated rings. The molecule has 2 aromatic rings. The van der Waals surface area contributed by atoms with Gasteiger partial charge in [0.1, 0.15) is 5.75 Å². The van der Waals surface area contributed by atoms with Crippen LogP contribution in [0.2, 0.25) is 0 Å². The summed E-state index contributed by atoms with van der Waals surface area (Å²) in [6.07, 6.45) is 1.50. The van der Waals surface area contributed by atoms with Crippen LogP contribution in [0.25, 0.3) is 0 Å². The van der Waals surface area contributed by atoms with Gasteiger partial charge in [0, 0.05) is 0 Å². The zero-order valence-electron chi connectivity index (χ0n) is 11.7. The third-order valence-corrected chi connectivity index (χ3v) is 3.39. The van der Waals surface area contributed by atoms with E-state index in [-0.39, 0.29) is 0 Å². The standard InChI is InChI=1S/C17H18O3/c1-12-5-3-7-14(16(12)17(18)19)10-9-13-6-4-8-15(11-13)20-2/h3-8,11H,9-10H2,1-2H3,(H,18,19). The summed E-state index contributed by atoms with van der Waals surface area (Å²) in [5.74, 6) is -0.0334. The van der Waals surface area contributed by atoms with Crippen molar-refractivity contribution in [1.29, 1.82) is 0 Å². The van der Waals surface area contributed by atoms with Crippen molar-refractivity contribution in [3.63, 3.8) is 0 Å². The number of rotatable bonds is 5. The minimum absolute atomic E-state index is 0.426. The van der Waals surface area contributed by atoms with Crippen LogP contribution in [0.4, 0.5) is 0 Å². The number of aryl methyl sites for hydroxylation is 3. The molecular formula is C17H18O3. The Morgan fingerprint density at radius 1 is 1.15 bits per heavy atom. The minimum Gasteiger partial charge on any atom is -0.497 e. The number of carbonyl (C=O) groups is 1. The first-order valence-electron chi connectivity index (χ1n) is 6.56. The van der Waals surface area contributed by atoms with Crippen molar-refractivity contribution in [2.75, 3.05) is 7.11 Å². The third-order valence-electron chi connectivity index (χ3n) is 3.39. The van der Waals surface area contributed by atoms with Crippen LogP contribution in [0.5, 0.6) is 5.75 Å². The van der Waals surface area contributed by atoms with E-state index < -0.39 is 5.97 Å². The van der Waals surface area contributed by atoms with Gasteiger partial charge >= 0.3 is 5.97 Å².